The van der Waals surface area contributed by atoms with Crippen LogP contribution in [-0.4, -0.2) is 17.5 Å². The van der Waals surface area contributed by atoms with Gasteiger partial charge >= 0.3 is 11.7 Å². The third kappa shape index (κ3) is 3.23. The number of carbonyl (C=O) groups is 1. The van der Waals surface area contributed by atoms with E-state index in [0.717, 1.165) is 0 Å². The number of rotatable bonds is 4. The van der Waals surface area contributed by atoms with Gasteiger partial charge in [0.25, 0.3) is 0 Å². The molecule has 1 aromatic rings. The summed E-state index contributed by atoms with van der Waals surface area (Å²) in [5, 5.41) is 10.6. The molecule has 17 heavy (non-hydrogen) atoms. The lowest BCUT2D eigenvalue weighted by Gasteiger charge is -2.04. The molecule has 7 heteroatoms. The van der Waals surface area contributed by atoms with Crippen molar-refractivity contribution < 1.29 is 18.8 Å². The second-order valence-electron chi connectivity index (χ2n) is 3.11. The van der Waals surface area contributed by atoms with Crippen LogP contribution in [0.5, 0.6) is 0 Å². The van der Waals surface area contributed by atoms with Crippen LogP contribution in [-0.2, 0) is 16.0 Å². The zero-order valence-electron chi connectivity index (χ0n) is 8.91. The van der Waals surface area contributed by atoms with E-state index in [0.29, 0.717) is 0 Å². The van der Waals surface area contributed by atoms with Crippen molar-refractivity contribution in [1.82, 2.24) is 0 Å². The van der Waals surface area contributed by atoms with Crippen molar-refractivity contribution in [2.75, 3.05) is 6.61 Å². The van der Waals surface area contributed by atoms with Crippen LogP contribution in [0.15, 0.2) is 16.6 Å². The first-order chi connectivity index (χ1) is 7.97. The molecular formula is C10H9BrFNO4. The van der Waals surface area contributed by atoms with Gasteiger partial charge in [-0.1, -0.05) is 6.07 Å². The summed E-state index contributed by atoms with van der Waals surface area (Å²) in [4.78, 5) is 20.9. The highest BCUT2D eigenvalue weighted by Crippen LogP contribution is 2.30. The molecule has 0 aliphatic carbocycles. The lowest BCUT2D eigenvalue weighted by molar-refractivity contribution is -0.388. The van der Waals surface area contributed by atoms with Crippen LogP contribution in [0.3, 0.4) is 0 Å². The molecular weight excluding hydrogens is 297 g/mol. The highest BCUT2D eigenvalue weighted by molar-refractivity contribution is 9.10. The fourth-order valence-corrected chi connectivity index (χ4v) is 1.71. The minimum Gasteiger partial charge on any atom is -0.466 e. The Balaban J connectivity index is 3.07. The molecule has 0 amide bonds. The number of carbonyl (C=O) groups excluding carboxylic acids is 1. The van der Waals surface area contributed by atoms with E-state index in [-0.39, 0.29) is 23.1 Å². The molecule has 0 radical (unpaired) electrons. The van der Waals surface area contributed by atoms with Gasteiger partial charge in [-0.25, -0.2) is 0 Å². The largest absolute Gasteiger partial charge is 0.466 e. The Hall–Kier alpha value is -1.50. The number of nitro groups is 1. The van der Waals surface area contributed by atoms with Crippen molar-refractivity contribution in [1.29, 1.82) is 0 Å². The number of hydrogen-bond acceptors (Lipinski definition) is 4. The first kappa shape index (κ1) is 13.6. The van der Waals surface area contributed by atoms with E-state index in [1.165, 1.54) is 12.1 Å². The first-order valence-corrected chi connectivity index (χ1v) is 5.53. The predicted octanol–water partition coefficient (Wildman–Crippen LogP) is 2.60. The smallest absolute Gasteiger partial charge is 0.319 e. The fraction of sp³-hybridized carbons (Fsp3) is 0.300. The van der Waals surface area contributed by atoms with Crippen LogP contribution in [0.1, 0.15) is 12.5 Å². The zero-order chi connectivity index (χ0) is 13.0. The third-order valence-electron chi connectivity index (χ3n) is 1.97. The average Bonchev–Trinajstić information content (AvgIpc) is 2.22. The Morgan fingerprint density at radius 2 is 2.24 bits per heavy atom. The Morgan fingerprint density at radius 3 is 2.76 bits per heavy atom. The maximum atomic E-state index is 13.7. The quantitative estimate of drug-likeness (QED) is 0.487. The van der Waals surface area contributed by atoms with Crippen molar-refractivity contribution in [2.24, 2.45) is 0 Å². The molecule has 0 spiro atoms. The second-order valence-corrected chi connectivity index (χ2v) is 3.96. The van der Waals surface area contributed by atoms with E-state index < -0.39 is 22.4 Å². The van der Waals surface area contributed by atoms with Crippen LogP contribution in [0.2, 0.25) is 0 Å². The highest BCUT2D eigenvalue weighted by Gasteiger charge is 2.23. The number of benzene rings is 1. The maximum absolute atomic E-state index is 13.7. The number of hydrogen-bond donors (Lipinski definition) is 0. The van der Waals surface area contributed by atoms with Gasteiger partial charge in [0.2, 0.25) is 5.82 Å². The fourth-order valence-electron chi connectivity index (χ4n) is 1.25. The number of halogens is 2. The maximum Gasteiger partial charge on any atom is 0.319 e. The Kier molecular flexibility index (Phi) is 4.56. The van der Waals surface area contributed by atoms with Gasteiger partial charge in [-0.15, -0.1) is 0 Å². The van der Waals surface area contributed by atoms with Crippen LogP contribution >= 0.6 is 15.9 Å². The molecule has 0 N–H and O–H groups in total. The minimum atomic E-state index is -1.02. The van der Waals surface area contributed by atoms with Gasteiger partial charge in [0.15, 0.2) is 0 Å². The number of nitrogens with zero attached hydrogens (tertiary/aromatic N) is 1. The Morgan fingerprint density at radius 1 is 1.59 bits per heavy atom. The van der Waals surface area contributed by atoms with E-state index >= 15 is 0 Å². The van der Waals surface area contributed by atoms with Gasteiger partial charge in [-0.2, -0.15) is 4.39 Å². The standard InChI is InChI=1S/C10H9BrFNO4/c1-2-17-8(14)5-6-3-4-7(11)10(9(6)12)13(15)16/h3-4H,2,5H2,1H3. The summed E-state index contributed by atoms with van der Waals surface area (Å²) in [5.41, 5.74) is -0.731. The SMILES string of the molecule is CCOC(=O)Cc1ccc(Br)c([N+](=O)[O-])c1F. The summed E-state index contributed by atoms with van der Waals surface area (Å²) in [6.07, 6.45) is -0.326. The van der Waals surface area contributed by atoms with E-state index in [1.807, 2.05) is 0 Å². The van der Waals surface area contributed by atoms with Crippen LogP contribution in [0.25, 0.3) is 0 Å². The van der Waals surface area contributed by atoms with Gasteiger partial charge in [0.1, 0.15) is 0 Å². The summed E-state index contributed by atoms with van der Waals surface area (Å²) >= 11 is 2.88. The number of nitro benzene ring substituents is 1. The van der Waals surface area contributed by atoms with E-state index in [2.05, 4.69) is 20.7 Å². The second kappa shape index (κ2) is 5.72. The number of ether oxygens (including phenoxy) is 1. The average molecular weight is 306 g/mol. The van der Waals surface area contributed by atoms with Crippen molar-refractivity contribution in [2.45, 2.75) is 13.3 Å². The summed E-state index contributed by atoms with van der Waals surface area (Å²) in [5.74, 6) is -1.64. The van der Waals surface area contributed by atoms with Gasteiger partial charge in [-0.3, -0.25) is 14.9 Å². The van der Waals surface area contributed by atoms with Gasteiger partial charge in [0.05, 0.1) is 22.4 Å². The molecule has 0 fully saturated rings. The van der Waals surface area contributed by atoms with E-state index in [1.54, 1.807) is 6.92 Å². The summed E-state index contributed by atoms with van der Waals surface area (Å²) < 4.78 is 18.4. The molecule has 1 rings (SSSR count). The molecule has 0 bridgehead atoms. The van der Waals surface area contributed by atoms with Crippen LogP contribution in [0, 0.1) is 15.9 Å². The van der Waals surface area contributed by atoms with E-state index in [4.69, 9.17) is 0 Å². The summed E-state index contributed by atoms with van der Waals surface area (Å²) in [6, 6.07) is 2.64. The zero-order valence-corrected chi connectivity index (χ0v) is 10.5. The van der Waals surface area contributed by atoms with Gasteiger partial charge < -0.3 is 4.74 Å². The molecule has 0 saturated heterocycles. The first-order valence-electron chi connectivity index (χ1n) is 4.74. The molecule has 0 unspecified atom stereocenters. The van der Waals surface area contributed by atoms with Crippen molar-refractivity contribution in [3.8, 4) is 0 Å². The molecule has 5 nitrogen and oxygen atoms in total. The van der Waals surface area contributed by atoms with Gasteiger partial charge in [-0.05, 0) is 28.9 Å². The number of esters is 1. The van der Waals surface area contributed by atoms with Crippen molar-refractivity contribution in [3.63, 3.8) is 0 Å². The lowest BCUT2D eigenvalue weighted by atomic mass is 10.1. The Bertz CT molecular complexity index is 464. The highest BCUT2D eigenvalue weighted by atomic mass is 79.9. The van der Waals surface area contributed by atoms with Crippen molar-refractivity contribution >= 4 is 27.6 Å². The van der Waals surface area contributed by atoms with Crippen LogP contribution in [0.4, 0.5) is 10.1 Å². The lowest BCUT2D eigenvalue weighted by Crippen LogP contribution is -2.09. The Labute approximate surface area is 105 Å². The normalized spacial score (nSPS) is 10.1. The molecule has 92 valence electrons. The topological polar surface area (TPSA) is 69.4 Å². The van der Waals surface area contributed by atoms with Gasteiger partial charge in [0, 0.05) is 5.56 Å². The molecule has 0 aliphatic rings. The van der Waals surface area contributed by atoms with E-state index in [9.17, 15) is 19.3 Å². The summed E-state index contributed by atoms with van der Waals surface area (Å²) in [6.45, 7) is 1.80. The van der Waals surface area contributed by atoms with Crippen LogP contribution < -0.4 is 0 Å². The molecule has 0 heterocycles. The molecule has 0 aromatic heterocycles. The molecule has 0 atom stereocenters. The molecule has 1 aromatic carbocycles. The summed E-state index contributed by atoms with van der Waals surface area (Å²) in [7, 11) is 0. The predicted molar refractivity (Wildman–Crippen MR) is 61.1 cm³/mol. The molecule has 0 aliphatic heterocycles. The molecule has 0 saturated carbocycles. The van der Waals surface area contributed by atoms with Crippen molar-refractivity contribution in [3.05, 3.63) is 38.1 Å². The minimum absolute atomic E-state index is 0.0348. The third-order valence-corrected chi connectivity index (χ3v) is 2.61. The monoisotopic (exact) mass is 305 g/mol.